The lowest BCUT2D eigenvalue weighted by Crippen LogP contribution is -2.40. The van der Waals surface area contributed by atoms with Gasteiger partial charge in [-0.3, -0.25) is 4.79 Å². The zero-order valence-corrected chi connectivity index (χ0v) is 11.6. The lowest BCUT2D eigenvalue weighted by molar-refractivity contribution is 0.0469. The number of carbonyl (C=O) groups excluding carboxylic acids is 1. The van der Waals surface area contributed by atoms with Gasteiger partial charge >= 0.3 is 0 Å². The zero-order chi connectivity index (χ0) is 13.6. The molecule has 0 fully saturated rings. The van der Waals surface area contributed by atoms with Gasteiger partial charge in [-0.25, -0.2) is 0 Å². The Hall–Kier alpha value is -1.06. The van der Waals surface area contributed by atoms with E-state index in [9.17, 15) is 9.90 Å². The van der Waals surface area contributed by atoms with Gasteiger partial charge in [0.2, 0.25) is 0 Å². The monoisotopic (exact) mass is 269 g/mol. The molecule has 0 bridgehead atoms. The summed E-state index contributed by atoms with van der Waals surface area (Å²) in [6.07, 6.45) is 1.54. The predicted octanol–water partition coefficient (Wildman–Crippen LogP) is 2.71. The van der Waals surface area contributed by atoms with Crippen molar-refractivity contribution in [3.63, 3.8) is 0 Å². The molecule has 1 unspecified atom stereocenters. The minimum Gasteiger partial charge on any atom is -0.388 e. The summed E-state index contributed by atoms with van der Waals surface area (Å²) in [5.74, 6) is 0.202. The van der Waals surface area contributed by atoms with Crippen LogP contribution in [0.4, 0.5) is 0 Å². The maximum atomic E-state index is 11.9. The first-order valence-corrected chi connectivity index (χ1v) is 6.67. The van der Waals surface area contributed by atoms with Crippen LogP contribution in [0.1, 0.15) is 42.6 Å². The fraction of sp³-hybridized carbons (Fsp3) is 0.500. The molecule has 0 saturated heterocycles. The Bertz CT molecular complexity index is 405. The van der Waals surface area contributed by atoms with Crippen molar-refractivity contribution >= 4 is 17.5 Å². The second-order valence-electron chi connectivity index (χ2n) is 4.76. The maximum absolute atomic E-state index is 11.9. The van der Waals surface area contributed by atoms with Crippen molar-refractivity contribution < 1.29 is 9.90 Å². The van der Waals surface area contributed by atoms with E-state index in [4.69, 9.17) is 11.6 Å². The fourth-order valence-electron chi connectivity index (χ4n) is 1.80. The minimum atomic E-state index is -0.853. The van der Waals surface area contributed by atoms with Crippen LogP contribution in [-0.2, 0) is 5.88 Å². The van der Waals surface area contributed by atoms with E-state index in [-0.39, 0.29) is 12.5 Å². The molecule has 1 atom stereocenters. The van der Waals surface area contributed by atoms with Crippen molar-refractivity contribution in [2.75, 3.05) is 6.54 Å². The molecule has 4 heteroatoms. The summed E-state index contributed by atoms with van der Waals surface area (Å²) in [5, 5.41) is 12.7. The second kappa shape index (κ2) is 6.76. The lowest BCUT2D eigenvalue weighted by Gasteiger charge is -2.22. The first-order valence-electron chi connectivity index (χ1n) is 6.14. The van der Waals surface area contributed by atoms with E-state index in [1.807, 2.05) is 13.0 Å². The number of carbonyl (C=O) groups is 1. The van der Waals surface area contributed by atoms with Crippen LogP contribution in [-0.4, -0.2) is 23.2 Å². The summed E-state index contributed by atoms with van der Waals surface area (Å²) in [5.41, 5.74) is 0.624. The molecule has 0 aliphatic rings. The average molecular weight is 270 g/mol. The Morgan fingerprint density at radius 1 is 1.50 bits per heavy atom. The highest BCUT2D eigenvalue weighted by Crippen LogP contribution is 2.11. The van der Waals surface area contributed by atoms with Crippen LogP contribution in [0.3, 0.4) is 0 Å². The molecule has 18 heavy (non-hydrogen) atoms. The van der Waals surface area contributed by atoms with E-state index >= 15 is 0 Å². The molecule has 2 N–H and O–H groups in total. The largest absolute Gasteiger partial charge is 0.388 e. The van der Waals surface area contributed by atoms with Crippen LogP contribution in [0.25, 0.3) is 0 Å². The number of amides is 1. The molecule has 1 aromatic rings. The van der Waals surface area contributed by atoms with Crippen LogP contribution < -0.4 is 5.32 Å². The molecule has 0 heterocycles. The molecular weight excluding hydrogens is 250 g/mol. The third kappa shape index (κ3) is 4.67. The van der Waals surface area contributed by atoms with Crippen molar-refractivity contribution in [2.24, 2.45) is 0 Å². The Kier molecular flexibility index (Phi) is 5.63. The molecule has 100 valence electrons. The highest BCUT2D eigenvalue weighted by Gasteiger charge is 2.20. The van der Waals surface area contributed by atoms with Crippen LogP contribution in [0.5, 0.6) is 0 Å². The predicted molar refractivity (Wildman–Crippen MR) is 73.9 cm³/mol. The topological polar surface area (TPSA) is 49.3 Å². The Morgan fingerprint density at radius 2 is 2.22 bits per heavy atom. The highest BCUT2D eigenvalue weighted by molar-refractivity contribution is 6.17. The minimum absolute atomic E-state index is 0.182. The second-order valence-corrected chi connectivity index (χ2v) is 5.03. The highest BCUT2D eigenvalue weighted by atomic mass is 35.5. The van der Waals surface area contributed by atoms with Crippen molar-refractivity contribution in [1.29, 1.82) is 0 Å². The lowest BCUT2D eigenvalue weighted by atomic mass is 10.0. The molecule has 0 aliphatic carbocycles. The summed E-state index contributed by atoms with van der Waals surface area (Å²) in [6.45, 7) is 3.98. The molecular formula is C14H20ClNO2. The Balaban J connectivity index is 2.60. The first kappa shape index (κ1) is 15.0. The van der Waals surface area contributed by atoms with Gasteiger partial charge in [0.1, 0.15) is 0 Å². The van der Waals surface area contributed by atoms with Gasteiger partial charge in [0.25, 0.3) is 5.91 Å². The third-order valence-electron chi connectivity index (χ3n) is 2.76. The van der Waals surface area contributed by atoms with Crippen LogP contribution in [0.15, 0.2) is 24.3 Å². The number of halogens is 1. The van der Waals surface area contributed by atoms with Crippen LogP contribution in [0.2, 0.25) is 0 Å². The summed E-state index contributed by atoms with van der Waals surface area (Å²) in [7, 11) is 0. The molecule has 1 rings (SSSR count). The van der Waals surface area contributed by atoms with Crippen molar-refractivity contribution in [1.82, 2.24) is 5.32 Å². The zero-order valence-electron chi connectivity index (χ0n) is 10.9. The quantitative estimate of drug-likeness (QED) is 0.780. The van der Waals surface area contributed by atoms with E-state index in [0.29, 0.717) is 17.9 Å². The summed E-state index contributed by atoms with van der Waals surface area (Å²) in [6, 6.07) is 7.17. The molecule has 0 spiro atoms. The van der Waals surface area contributed by atoms with E-state index in [1.54, 1.807) is 25.1 Å². The van der Waals surface area contributed by atoms with Crippen molar-refractivity contribution in [3.8, 4) is 0 Å². The van der Waals surface area contributed by atoms with Crippen LogP contribution >= 0.6 is 11.6 Å². The van der Waals surface area contributed by atoms with Gasteiger partial charge in [-0.05, 0) is 31.0 Å². The van der Waals surface area contributed by atoms with Gasteiger partial charge < -0.3 is 10.4 Å². The van der Waals surface area contributed by atoms with Gasteiger partial charge in [-0.1, -0.05) is 25.5 Å². The number of hydrogen-bond donors (Lipinski definition) is 2. The Labute approximate surface area is 113 Å². The molecule has 0 radical (unpaired) electrons. The third-order valence-corrected chi connectivity index (χ3v) is 3.07. The van der Waals surface area contributed by atoms with Gasteiger partial charge in [0, 0.05) is 18.0 Å². The summed E-state index contributed by atoms with van der Waals surface area (Å²) >= 11 is 5.72. The summed E-state index contributed by atoms with van der Waals surface area (Å²) in [4.78, 5) is 11.9. The number of rotatable bonds is 6. The summed E-state index contributed by atoms with van der Waals surface area (Å²) < 4.78 is 0. The van der Waals surface area contributed by atoms with E-state index in [1.165, 1.54) is 0 Å². The van der Waals surface area contributed by atoms with Gasteiger partial charge in [-0.15, -0.1) is 11.6 Å². The smallest absolute Gasteiger partial charge is 0.251 e. The van der Waals surface area contributed by atoms with Crippen molar-refractivity contribution in [2.45, 2.75) is 38.2 Å². The normalized spacial score (nSPS) is 14.0. The van der Waals surface area contributed by atoms with Crippen molar-refractivity contribution in [3.05, 3.63) is 35.4 Å². The SMILES string of the molecule is CCCC(C)(O)CNC(=O)c1cccc(CCl)c1. The van der Waals surface area contributed by atoms with E-state index in [0.717, 1.165) is 12.0 Å². The molecule has 3 nitrogen and oxygen atoms in total. The molecule has 0 saturated carbocycles. The van der Waals surface area contributed by atoms with Crippen LogP contribution in [0, 0.1) is 0 Å². The standard InChI is InChI=1S/C14H20ClNO2/c1-3-7-14(2,18)10-16-13(17)12-6-4-5-11(8-12)9-15/h4-6,8,18H,3,7,9-10H2,1-2H3,(H,16,17). The first-order chi connectivity index (χ1) is 8.48. The van der Waals surface area contributed by atoms with E-state index < -0.39 is 5.60 Å². The molecule has 0 aromatic heterocycles. The maximum Gasteiger partial charge on any atom is 0.251 e. The number of hydrogen-bond acceptors (Lipinski definition) is 2. The number of nitrogens with one attached hydrogen (secondary N) is 1. The number of benzene rings is 1. The molecule has 0 aliphatic heterocycles. The number of alkyl halides is 1. The fourth-order valence-corrected chi connectivity index (χ4v) is 1.96. The van der Waals surface area contributed by atoms with Gasteiger partial charge in [-0.2, -0.15) is 0 Å². The molecule has 1 aromatic carbocycles. The van der Waals surface area contributed by atoms with E-state index in [2.05, 4.69) is 5.32 Å². The van der Waals surface area contributed by atoms with Gasteiger partial charge in [0.05, 0.1) is 5.60 Å². The Morgan fingerprint density at radius 3 is 2.83 bits per heavy atom. The molecule has 1 amide bonds. The van der Waals surface area contributed by atoms with Gasteiger partial charge in [0.15, 0.2) is 0 Å². The average Bonchev–Trinajstić information content (AvgIpc) is 2.36. The number of aliphatic hydroxyl groups is 1.